The minimum Gasteiger partial charge on any atom is -0.0992 e. The van der Waals surface area contributed by atoms with Crippen LogP contribution < -0.4 is 0 Å². The van der Waals surface area contributed by atoms with Gasteiger partial charge in [0.25, 0.3) is 0 Å². The van der Waals surface area contributed by atoms with Gasteiger partial charge in [0.15, 0.2) is 0 Å². The Bertz CT molecular complexity index is 20.9. The molecule has 0 heterocycles. The normalized spacial score (nSPS) is 12.0. The van der Waals surface area contributed by atoms with E-state index in [2.05, 4.69) is 0 Å². The molecule has 0 spiro atoms. The molecule has 0 saturated heterocycles. The number of rotatable bonds is 1. The van der Waals surface area contributed by atoms with Gasteiger partial charge in [-0.05, 0) is 0 Å². The van der Waals surface area contributed by atoms with Crippen molar-refractivity contribution >= 4 is 42.4 Å². The second-order valence-electron chi connectivity index (χ2n) is 0.410. The molecule has 5 heavy (non-hydrogen) atoms. The van der Waals surface area contributed by atoms with E-state index in [0.29, 0.717) is 0 Å². The highest BCUT2D eigenvalue weighted by molar-refractivity contribution is 7.71. The first-order valence-corrected chi connectivity index (χ1v) is 3.88. The van der Waals surface area contributed by atoms with E-state index in [9.17, 15) is 0 Å². The lowest BCUT2D eigenvalue weighted by atomic mass is 11.9. The molecule has 0 aliphatic heterocycles. The summed E-state index contributed by atoms with van der Waals surface area (Å²) in [6, 6.07) is 0. The molecule has 0 aromatic rings. The van der Waals surface area contributed by atoms with E-state index < -0.39 is 0 Å². The largest absolute Gasteiger partial charge is 0.138 e. The molecule has 0 N–H and O–H groups in total. The maximum Gasteiger partial charge on any atom is 0.138 e. The molecular formula is CH2Cl3P. The fraction of sp³-hybridized carbons (Fsp3) is 1.00. The second-order valence-corrected chi connectivity index (χ2v) is 3.69. The molecule has 0 aromatic carbocycles. The molecule has 32 valence electrons. The molecule has 0 aliphatic carbocycles. The van der Waals surface area contributed by atoms with Crippen LogP contribution >= 0.6 is 42.4 Å². The van der Waals surface area contributed by atoms with Crippen molar-refractivity contribution in [3.05, 3.63) is 0 Å². The monoisotopic (exact) mass is 150 g/mol. The lowest BCUT2D eigenvalue weighted by Gasteiger charge is -1.82. The van der Waals surface area contributed by atoms with Crippen LogP contribution in [-0.4, -0.2) is 4.58 Å². The molecule has 0 nitrogen and oxygen atoms in total. The van der Waals surface area contributed by atoms with Crippen molar-refractivity contribution in [1.82, 2.24) is 0 Å². The van der Waals surface area contributed by atoms with Crippen molar-refractivity contribution < 1.29 is 0 Å². The van der Waals surface area contributed by atoms with Gasteiger partial charge in [0, 0.05) is 7.93 Å². The third-order valence-electron chi connectivity index (χ3n) is 0.0825. The van der Waals surface area contributed by atoms with Crippen molar-refractivity contribution in [2.24, 2.45) is 0 Å². The van der Waals surface area contributed by atoms with Gasteiger partial charge in [-0.1, -0.05) is 34.4 Å². The second kappa shape index (κ2) is 3.49. The zero-order valence-corrected chi connectivity index (χ0v) is 5.48. The predicted molar refractivity (Wildman–Crippen MR) is 29.7 cm³/mol. The average molecular weight is 151 g/mol. The lowest BCUT2D eigenvalue weighted by Crippen LogP contribution is -1.58. The van der Waals surface area contributed by atoms with Crippen molar-refractivity contribution in [2.75, 3.05) is 0 Å². The highest BCUT2D eigenvalue weighted by Crippen LogP contribution is 2.29. The maximum atomic E-state index is 5.11. The van der Waals surface area contributed by atoms with Gasteiger partial charge in [-0.2, -0.15) is 0 Å². The van der Waals surface area contributed by atoms with Crippen LogP contribution in [0, 0.1) is 0 Å². The third kappa shape index (κ3) is 5.30. The third-order valence-corrected chi connectivity index (χ3v) is 2.23. The topological polar surface area (TPSA) is 0 Å². The van der Waals surface area contributed by atoms with Crippen LogP contribution in [0.2, 0.25) is 0 Å². The van der Waals surface area contributed by atoms with E-state index in [1.165, 1.54) is 0 Å². The molecule has 4 heteroatoms. The van der Waals surface area contributed by atoms with Crippen LogP contribution in [0.15, 0.2) is 0 Å². The molecule has 0 amide bonds. The average Bonchev–Trinajstić information content (AvgIpc) is 1.38. The highest BCUT2D eigenvalue weighted by Gasteiger charge is 1.88. The molecular weight excluding hydrogens is 149 g/mol. The van der Waals surface area contributed by atoms with E-state index in [0.717, 1.165) is 0 Å². The van der Waals surface area contributed by atoms with Crippen molar-refractivity contribution in [1.29, 1.82) is 0 Å². The van der Waals surface area contributed by atoms with Crippen LogP contribution in [0.5, 0.6) is 0 Å². The van der Waals surface area contributed by atoms with E-state index in [1.54, 1.807) is 0 Å². The first-order valence-electron chi connectivity index (χ1n) is 0.914. The molecule has 0 bridgehead atoms. The van der Waals surface area contributed by atoms with Gasteiger partial charge in [-0.3, -0.25) is 0 Å². The number of alkyl halides is 2. The zero-order valence-electron chi connectivity index (χ0n) is 2.21. The molecule has 0 rings (SSSR count). The summed E-state index contributed by atoms with van der Waals surface area (Å²) >= 11 is 15.3. The summed E-state index contributed by atoms with van der Waals surface area (Å²) in [5.41, 5.74) is 0. The van der Waals surface area contributed by atoms with Crippen molar-refractivity contribution in [2.45, 2.75) is 4.58 Å². The van der Waals surface area contributed by atoms with Gasteiger partial charge in [0.05, 0.1) is 0 Å². The summed E-state index contributed by atoms with van der Waals surface area (Å²) in [6.07, 6.45) is 0. The minimum atomic E-state index is -0.378. The Hall–Kier alpha value is 1.30. The Morgan fingerprint density at radius 1 is 1.40 bits per heavy atom. The van der Waals surface area contributed by atoms with Gasteiger partial charge in [0.2, 0.25) is 0 Å². The Kier molecular flexibility index (Phi) is 4.40. The first kappa shape index (κ1) is 6.30. The van der Waals surface area contributed by atoms with Gasteiger partial charge < -0.3 is 0 Å². The summed E-state index contributed by atoms with van der Waals surface area (Å²) in [4.78, 5) is 0. The SMILES string of the molecule is ClPC(Cl)Cl. The fourth-order valence-electron chi connectivity index (χ4n) is 0. The molecule has 0 saturated carbocycles. The zero-order chi connectivity index (χ0) is 4.28. The standard InChI is InChI=1S/CH2Cl3P/c2-1(3)5-4/h1,5H. The van der Waals surface area contributed by atoms with Crippen molar-refractivity contribution in [3.8, 4) is 0 Å². The molecule has 0 aromatic heterocycles. The smallest absolute Gasteiger partial charge is 0.0992 e. The van der Waals surface area contributed by atoms with Crippen LogP contribution in [0.25, 0.3) is 0 Å². The van der Waals surface area contributed by atoms with E-state index in [1.807, 2.05) is 0 Å². The molecule has 0 radical (unpaired) electrons. The van der Waals surface area contributed by atoms with Gasteiger partial charge in [0.1, 0.15) is 4.58 Å². The summed E-state index contributed by atoms with van der Waals surface area (Å²) < 4.78 is -0.378. The fourth-order valence-corrected chi connectivity index (χ4v) is 0. The summed E-state index contributed by atoms with van der Waals surface area (Å²) in [7, 11) is 0.117. The van der Waals surface area contributed by atoms with Crippen molar-refractivity contribution in [3.63, 3.8) is 0 Å². The Balaban J connectivity index is 2.54. The maximum absolute atomic E-state index is 5.11. The first-order chi connectivity index (χ1) is 2.27. The molecule has 1 atom stereocenters. The Labute approximate surface area is 47.4 Å². The van der Waals surface area contributed by atoms with E-state index >= 15 is 0 Å². The van der Waals surface area contributed by atoms with Crippen LogP contribution in [0.3, 0.4) is 0 Å². The summed E-state index contributed by atoms with van der Waals surface area (Å²) in [5.74, 6) is 0. The van der Waals surface area contributed by atoms with Crippen LogP contribution in [0.1, 0.15) is 0 Å². The Morgan fingerprint density at radius 2 is 1.60 bits per heavy atom. The number of hydrogen-bond donors (Lipinski definition) is 0. The van der Waals surface area contributed by atoms with Gasteiger partial charge >= 0.3 is 0 Å². The minimum absolute atomic E-state index is 0.117. The van der Waals surface area contributed by atoms with E-state index in [-0.39, 0.29) is 12.5 Å². The summed E-state index contributed by atoms with van der Waals surface area (Å²) in [5, 5.41) is 0. The quantitative estimate of drug-likeness (QED) is 0.399. The van der Waals surface area contributed by atoms with Crippen LogP contribution in [-0.2, 0) is 0 Å². The highest BCUT2D eigenvalue weighted by atomic mass is 35.7. The Morgan fingerprint density at radius 3 is 1.60 bits per heavy atom. The number of hydrogen-bond acceptors (Lipinski definition) is 0. The molecule has 1 unspecified atom stereocenters. The summed E-state index contributed by atoms with van der Waals surface area (Å²) in [6.45, 7) is 0. The van der Waals surface area contributed by atoms with Crippen LogP contribution in [0.4, 0.5) is 0 Å². The van der Waals surface area contributed by atoms with Gasteiger partial charge in [-0.25, -0.2) is 0 Å². The van der Waals surface area contributed by atoms with E-state index in [4.69, 9.17) is 34.4 Å². The predicted octanol–water partition coefficient (Wildman–Crippen LogP) is 2.58. The molecule has 0 fully saturated rings. The lowest BCUT2D eigenvalue weighted by molar-refractivity contribution is 2.00. The number of halogens is 3. The van der Waals surface area contributed by atoms with Gasteiger partial charge in [-0.15, -0.1) is 0 Å². The molecule has 0 aliphatic rings.